The maximum atomic E-state index is 12.4. The van der Waals surface area contributed by atoms with Gasteiger partial charge in [-0.25, -0.2) is 9.48 Å². The van der Waals surface area contributed by atoms with Gasteiger partial charge in [0.1, 0.15) is 18.1 Å². The number of nitrogens with one attached hydrogen (secondary N) is 1. The molecule has 3 rings (SSSR count). The zero-order chi connectivity index (χ0) is 19.2. The van der Waals surface area contributed by atoms with Gasteiger partial charge >= 0.3 is 5.97 Å². The molecule has 0 amide bonds. The summed E-state index contributed by atoms with van der Waals surface area (Å²) in [6, 6.07) is 7.38. The second-order valence-corrected chi connectivity index (χ2v) is 6.56. The zero-order valence-electron chi connectivity index (χ0n) is 16.1. The Labute approximate surface area is 159 Å². The van der Waals surface area contributed by atoms with Crippen molar-refractivity contribution in [1.29, 1.82) is 0 Å². The molecule has 7 heteroatoms. The van der Waals surface area contributed by atoms with Gasteiger partial charge < -0.3 is 14.8 Å². The molecule has 27 heavy (non-hydrogen) atoms. The molecule has 0 unspecified atom stereocenters. The first kappa shape index (κ1) is 18.9. The molecular weight excluding hydrogens is 344 g/mol. The molecule has 7 nitrogen and oxygen atoms in total. The second kappa shape index (κ2) is 8.70. The van der Waals surface area contributed by atoms with E-state index in [1.54, 1.807) is 4.68 Å². The van der Waals surface area contributed by atoms with Crippen LogP contribution in [0, 0.1) is 0 Å². The molecule has 0 fully saturated rings. The van der Waals surface area contributed by atoms with Crippen LogP contribution in [-0.4, -0.2) is 34.5 Å². The number of carbonyl (C=O) groups is 1. The van der Waals surface area contributed by atoms with Gasteiger partial charge in [0, 0.05) is 5.70 Å². The van der Waals surface area contributed by atoms with Gasteiger partial charge in [-0.1, -0.05) is 38.3 Å². The smallest absolute Gasteiger partial charge is 0.338 e. The van der Waals surface area contributed by atoms with Gasteiger partial charge in [-0.2, -0.15) is 10.1 Å². The number of hydrogen-bond donors (Lipinski definition) is 1. The lowest BCUT2D eigenvalue weighted by molar-refractivity contribution is -0.136. The molecule has 0 aliphatic carbocycles. The van der Waals surface area contributed by atoms with Crippen LogP contribution in [0.4, 0.5) is 5.95 Å². The summed E-state index contributed by atoms with van der Waals surface area (Å²) in [7, 11) is 1.38. The van der Waals surface area contributed by atoms with Gasteiger partial charge in [0.15, 0.2) is 0 Å². The summed E-state index contributed by atoms with van der Waals surface area (Å²) in [5, 5.41) is 7.39. The Balaban J connectivity index is 1.80. The quantitative estimate of drug-likeness (QED) is 0.564. The number of allylic oxidation sites excluding steroid dienone is 1. The van der Waals surface area contributed by atoms with Gasteiger partial charge in [0.05, 0.1) is 19.3 Å². The summed E-state index contributed by atoms with van der Waals surface area (Å²) < 4.78 is 12.5. The molecule has 1 atom stereocenters. The lowest BCUT2D eigenvalue weighted by Crippen LogP contribution is -2.29. The van der Waals surface area contributed by atoms with E-state index in [-0.39, 0.29) is 5.97 Å². The van der Waals surface area contributed by atoms with Gasteiger partial charge in [-0.3, -0.25) is 0 Å². The van der Waals surface area contributed by atoms with Crippen LogP contribution < -0.4 is 10.1 Å². The Kier molecular flexibility index (Phi) is 6.11. The van der Waals surface area contributed by atoms with Crippen LogP contribution in [0.25, 0.3) is 0 Å². The van der Waals surface area contributed by atoms with E-state index in [1.165, 1.54) is 32.7 Å². The number of fused-ring (bicyclic) bond motifs is 1. The number of carbonyl (C=O) groups excluding carboxylic acids is 1. The summed E-state index contributed by atoms with van der Waals surface area (Å²) >= 11 is 0. The van der Waals surface area contributed by atoms with Crippen LogP contribution in [0.1, 0.15) is 51.1 Å². The number of ether oxygens (including phenoxy) is 2. The van der Waals surface area contributed by atoms with E-state index in [0.29, 0.717) is 23.8 Å². The minimum absolute atomic E-state index is 0.387. The standard InChI is InChI=1S/C20H26N4O3/c1-4-5-6-7-12-27-16-10-8-15(9-11-16)18-17(19(25)26-3)14(2)23-20-21-13-22-24(18)20/h8-11,13,18H,4-7,12H2,1-3H3,(H,21,22,23)/t18-/m1/s1. The third-order valence-corrected chi connectivity index (χ3v) is 4.66. The fourth-order valence-electron chi connectivity index (χ4n) is 3.24. The van der Waals surface area contributed by atoms with Crippen molar-refractivity contribution >= 4 is 11.9 Å². The highest BCUT2D eigenvalue weighted by atomic mass is 16.5. The van der Waals surface area contributed by atoms with Crippen molar-refractivity contribution in [2.75, 3.05) is 19.0 Å². The van der Waals surface area contributed by atoms with Crippen molar-refractivity contribution in [3.63, 3.8) is 0 Å². The molecule has 144 valence electrons. The lowest BCUT2D eigenvalue weighted by Gasteiger charge is -2.28. The second-order valence-electron chi connectivity index (χ2n) is 6.56. The van der Waals surface area contributed by atoms with E-state index >= 15 is 0 Å². The molecule has 2 heterocycles. The highest BCUT2D eigenvalue weighted by molar-refractivity contribution is 5.92. The van der Waals surface area contributed by atoms with Crippen LogP contribution in [0.2, 0.25) is 0 Å². The Morgan fingerprint density at radius 1 is 1.22 bits per heavy atom. The third-order valence-electron chi connectivity index (χ3n) is 4.66. The van der Waals surface area contributed by atoms with Crippen molar-refractivity contribution in [2.24, 2.45) is 0 Å². The topological polar surface area (TPSA) is 78.3 Å². The van der Waals surface area contributed by atoms with Crippen LogP contribution >= 0.6 is 0 Å². The fraction of sp³-hybridized carbons (Fsp3) is 0.450. The van der Waals surface area contributed by atoms with Crippen molar-refractivity contribution < 1.29 is 14.3 Å². The minimum atomic E-state index is -0.394. The molecule has 0 spiro atoms. The van der Waals surface area contributed by atoms with Crippen molar-refractivity contribution in [2.45, 2.75) is 45.6 Å². The van der Waals surface area contributed by atoms with Gasteiger partial charge in [0.25, 0.3) is 0 Å². The predicted octanol–water partition coefficient (Wildman–Crippen LogP) is 3.70. The number of hydrogen-bond acceptors (Lipinski definition) is 6. The van der Waals surface area contributed by atoms with Gasteiger partial charge in [-0.05, 0) is 31.0 Å². The largest absolute Gasteiger partial charge is 0.494 e. The molecule has 1 N–H and O–H groups in total. The monoisotopic (exact) mass is 370 g/mol. The number of methoxy groups -OCH3 is 1. The normalized spacial score (nSPS) is 15.9. The summed E-state index contributed by atoms with van der Waals surface area (Å²) in [4.78, 5) is 16.6. The van der Waals surface area contributed by atoms with Crippen molar-refractivity contribution in [3.8, 4) is 5.75 Å². The van der Waals surface area contributed by atoms with Crippen LogP contribution in [-0.2, 0) is 9.53 Å². The first-order valence-corrected chi connectivity index (χ1v) is 9.34. The van der Waals surface area contributed by atoms with E-state index in [0.717, 1.165) is 17.7 Å². The molecule has 1 aromatic carbocycles. The number of esters is 1. The lowest BCUT2D eigenvalue weighted by atomic mass is 9.96. The summed E-state index contributed by atoms with van der Waals surface area (Å²) in [5.41, 5.74) is 2.15. The number of aromatic nitrogens is 3. The van der Waals surface area contributed by atoms with E-state index < -0.39 is 6.04 Å². The van der Waals surface area contributed by atoms with Crippen LogP contribution in [0.15, 0.2) is 41.9 Å². The predicted molar refractivity (Wildman–Crippen MR) is 103 cm³/mol. The Bertz CT molecular complexity index is 811. The first-order chi connectivity index (χ1) is 13.2. The van der Waals surface area contributed by atoms with Crippen LogP contribution in [0.3, 0.4) is 0 Å². The van der Waals surface area contributed by atoms with Crippen LogP contribution in [0.5, 0.6) is 5.75 Å². The molecule has 0 bridgehead atoms. The molecule has 0 saturated heterocycles. The Hall–Kier alpha value is -2.83. The van der Waals surface area contributed by atoms with Gasteiger partial charge in [0.2, 0.25) is 5.95 Å². The average Bonchev–Trinajstić information content (AvgIpc) is 3.14. The molecule has 1 aromatic heterocycles. The maximum Gasteiger partial charge on any atom is 0.338 e. The average molecular weight is 370 g/mol. The SMILES string of the molecule is CCCCCCOc1ccc([C@@H]2C(C(=O)OC)=C(C)Nc3ncnn32)cc1. The zero-order valence-corrected chi connectivity index (χ0v) is 16.1. The Morgan fingerprint density at radius 3 is 2.70 bits per heavy atom. The first-order valence-electron chi connectivity index (χ1n) is 9.34. The minimum Gasteiger partial charge on any atom is -0.494 e. The molecule has 1 aliphatic heterocycles. The molecular formula is C20H26N4O3. The summed E-state index contributed by atoms with van der Waals surface area (Å²) in [6.07, 6.45) is 6.16. The number of anilines is 1. The third kappa shape index (κ3) is 4.13. The molecule has 0 saturated carbocycles. The molecule has 0 radical (unpaired) electrons. The van der Waals surface area contributed by atoms with E-state index in [4.69, 9.17) is 9.47 Å². The van der Waals surface area contributed by atoms with Gasteiger partial charge in [-0.15, -0.1) is 0 Å². The summed E-state index contributed by atoms with van der Waals surface area (Å²) in [6.45, 7) is 4.75. The fourth-order valence-corrected chi connectivity index (χ4v) is 3.24. The van der Waals surface area contributed by atoms with Crippen molar-refractivity contribution in [3.05, 3.63) is 47.4 Å². The number of benzene rings is 1. The Morgan fingerprint density at radius 2 is 2.00 bits per heavy atom. The van der Waals surface area contributed by atoms with E-state index in [2.05, 4.69) is 22.3 Å². The highest BCUT2D eigenvalue weighted by Crippen LogP contribution is 2.35. The number of unbranched alkanes of at least 4 members (excludes halogenated alkanes) is 3. The number of rotatable bonds is 8. The van der Waals surface area contributed by atoms with E-state index in [9.17, 15) is 4.79 Å². The highest BCUT2D eigenvalue weighted by Gasteiger charge is 2.33. The maximum absolute atomic E-state index is 12.4. The molecule has 2 aromatic rings. The van der Waals surface area contributed by atoms with Crippen molar-refractivity contribution in [1.82, 2.24) is 14.8 Å². The number of nitrogens with zero attached hydrogens (tertiary/aromatic N) is 3. The summed E-state index contributed by atoms with van der Waals surface area (Å²) in [5.74, 6) is 1.03. The molecule has 1 aliphatic rings. The van der Waals surface area contributed by atoms with E-state index in [1.807, 2.05) is 31.2 Å².